The molecule has 0 spiro atoms. The first-order valence-electron chi connectivity index (χ1n) is 10.9. The van der Waals surface area contributed by atoms with Crippen LogP contribution in [-0.2, 0) is 4.79 Å². The van der Waals surface area contributed by atoms with Crippen molar-refractivity contribution in [1.82, 2.24) is 20.1 Å². The molecule has 3 aliphatic heterocycles. The lowest BCUT2D eigenvalue weighted by molar-refractivity contribution is -0.113. The quantitative estimate of drug-likeness (QED) is 0.635. The van der Waals surface area contributed by atoms with Gasteiger partial charge in [-0.3, -0.25) is 19.6 Å². The number of Topliss-reactive ketones (excluding diaryl/α,β-unsaturated/α-hetero) is 1. The number of aliphatic imine (C=N–C) groups is 1. The fraction of sp³-hybridized carbons (Fsp3) is 0.409. The summed E-state index contributed by atoms with van der Waals surface area (Å²) in [6, 6.07) is 1.82. The number of aromatic amines is 1. The summed E-state index contributed by atoms with van der Waals surface area (Å²) in [5.41, 5.74) is 0.835. The van der Waals surface area contributed by atoms with Crippen LogP contribution in [0.4, 0.5) is 5.69 Å². The maximum atomic E-state index is 11.8. The average Bonchev–Trinajstić information content (AvgIpc) is 3.48. The van der Waals surface area contributed by atoms with Crippen LogP contribution in [0.2, 0.25) is 5.02 Å². The zero-order chi connectivity index (χ0) is 23.7. The van der Waals surface area contributed by atoms with Crippen LogP contribution in [0.5, 0.6) is 11.5 Å². The van der Waals surface area contributed by atoms with E-state index in [1.165, 1.54) is 0 Å². The molecule has 0 unspecified atom stereocenters. The number of H-pyrrole nitrogens is 1. The van der Waals surface area contributed by atoms with Gasteiger partial charge in [0, 0.05) is 38.2 Å². The molecule has 0 bridgehead atoms. The highest BCUT2D eigenvalue weighted by Gasteiger charge is 2.30. The maximum absolute atomic E-state index is 11.8. The van der Waals surface area contributed by atoms with Crippen LogP contribution in [0, 0.1) is 0 Å². The number of hydrogen-bond donors (Lipinski definition) is 1. The lowest BCUT2D eigenvalue weighted by Gasteiger charge is -2.22. The SMILES string of the molecule is O=C1CN=CC(N2CC[C@@H](Oc3cncc(O[C@@H]4CCN(c5cn[nH]c(=O)c5Cl)C4)c3)C2)=C1Cl. The van der Waals surface area contributed by atoms with Gasteiger partial charge in [0.15, 0.2) is 5.78 Å². The van der Waals surface area contributed by atoms with Crippen molar-refractivity contribution in [3.8, 4) is 11.5 Å². The number of carbonyl (C=O) groups excluding carboxylic acids is 1. The fourth-order valence-corrected chi connectivity index (χ4v) is 4.74. The molecule has 0 amide bonds. The van der Waals surface area contributed by atoms with Gasteiger partial charge in [-0.2, -0.15) is 5.10 Å². The Morgan fingerprint density at radius 2 is 1.65 bits per heavy atom. The van der Waals surface area contributed by atoms with Crippen molar-refractivity contribution in [3.05, 3.63) is 50.8 Å². The third-order valence-corrected chi connectivity index (χ3v) is 6.73. The second-order valence-corrected chi connectivity index (χ2v) is 9.05. The van der Waals surface area contributed by atoms with Gasteiger partial charge in [0.2, 0.25) is 0 Å². The number of nitrogens with zero attached hydrogens (tertiary/aromatic N) is 5. The Balaban J connectivity index is 1.18. The van der Waals surface area contributed by atoms with Gasteiger partial charge in [-0.15, -0.1) is 0 Å². The smallest absolute Gasteiger partial charge is 0.285 e. The molecule has 1 N–H and O–H groups in total. The maximum Gasteiger partial charge on any atom is 0.285 e. The number of hydrogen-bond acceptors (Lipinski definition) is 9. The van der Waals surface area contributed by atoms with Crippen LogP contribution in [-0.4, -0.2) is 77.0 Å². The predicted octanol–water partition coefficient (Wildman–Crippen LogP) is 2.03. The molecule has 2 fully saturated rings. The molecular weight excluding hydrogens is 483 g/mol. The minimum absolute atomic E-state index is 0.0766. The second kappa shape index (κ2) is 9.63. The van der Waals surface area contributed by atoms with Crippen molar-refractivity contribution in [1.29, 1.82) is 0 Å². The predicted molar refractivity (Wildman–Crippen MR) is 127 cm³/mol. The fourth-order valence-electron chi connectivity index (χ4n) is 4.30. The van der Waals surface area contributed by atoms with E-state index >= 15 is 0 Å². The van der Waals surface area contributed by atoms with E-state index in [1.807, 2.05) is 15.9 Å². The molecule has 3 aliphatic rings. The van der Waals surface area contributed by atoms with Crippen LogP contribution < -0.4 is 19.9 Å². The number of nitrogens with one attached hydrogen (secondary N) is 1. The summed E-state index contributed by atoms with van der Waals surface area (Å²) >= 11 is 12.3. The van der Waals surface area contributed by atoms with E-state index in [4.69, 9.17) is 32.7 Å². The summed E-state index contributed by atoms with van der Waals surface area (Å²) in [6.45, 7) is 2.68. The monoisotopic (exact) mass is 504 g/mol. The van der Waals surface area contributed by atoms with E-state index in [1.54, 1.807) is 24.8 Å². The van der Waals surface area contributed by atoms with E-state index < -0.39 is 5.56 Å². The van der Waals surface area contributed by atoms with Gasteiger partial charge >= 0.3 is 0 Å². The average molecular weight is 505 g/mol. The van der Waals surface area contributed by atoms with Crippen LogP contribution in [0.1, 0.15) is 12.8 Å². The van der Waals surface area contributed by atoms with Crippen molar-refractivity contribution in [3.63, 3.8) is 0 Å². The number of ether oxygens (including phenoxy) is 2. The Morgan fingerprint density at radius 3 is 2.38 bits per heavy atom. The highest BCUT2D eigenvalue weighted by atomic mass is 35.5. The van der Waals surface area contributed by atoms with E-state index in [9.17, 15) is 9.59 Å². The Morgan fingerprint density at radius 1 is 0.971 bits per heavy atom. The van der Waals surface area contributed by atoms with Gasteiger partial charge in [0.25, 0.3) is 5.56 Å². The van der Waals surface area contributed by atoms with Crippen molar-refractivity contribution in [2.45, 2.75) is 25.0 Å². The van der Waals surface area contributed by atoms with E-state index in [-0.39, 0.29) is 34.6 Å². The van der Waals surface area contributed by atoms with Crippen LogP contribution in [0.15, 0.2) is 45.2 Å². The van der Waals surface area contributed by atoms with Crippen molar-refractivity contribution in [2.24, 2.45) is 4.99 Å². The van der Waals surface area contributed by atoms with Crippen molar-refractivity contribution < 1.29 is 14.3 Å². The summed E-state index contributed by atoms with van der Waals surface area (Å²) in [5.74, 6) is 1.04. The molecule has 5 rings (SSSR count). The molecular formula is C22H22Cl2N6O4. The number of likely N-dealkylation sites (tertiary alicyclic amines) is 1. The molecule has 0 saturated carbocycles. The summed E-state index contributed by atoms with van der Waals surface area (Å²) in [4.78, 5) is 35.9. The first kappa shape index (κ1) is 22.7. The largest absolute Gasteiger partial charge is 0.487 e. The first-order chi connectivity index (χ1) is 16.5. The molecule has 0 aliphatic carbocycles. The summed E-state index contributed by atoms with van der Waals surface area (Å²) < 4.78 is 12.3. The van der Waals surface area contributed by atoms with E-state index in [2.05, 4.69) is 20.2 Å². The minimum Gasteiger partial charge on any atom is -0.487 e. The molecule has 2 atom stereocenters. The number of dihydropyridines is 1. The third-order valence-electron chi connectivity index (χ3n) is 5.96. The molecule has 12 heteroatoms. The Hall–Kier alpha value is -3.11. The number of rotatable bonds is 6. The second-order valence-electron chi connectivity index (χ2n) is 8.30. The van der Waals surface area contributed by atoms with Gasteiger partial charge in [-0.05, 0) is 0 Å². The molecule has 178 valence electrons. The molecule has 2 aromatic rings. The molecule has 10 nitrogen and oxygen atoms in total. The molecule has 0 radical (unpaired) electrons. The summed E-state index contributed by atoms with van der Waals surface area (Å²) in [6.07, 6.45) is 7.88. The molecule has 5 heterocycles. The highest BCUT2D eigenvalue weighted by Crippen LogP contribution is 2.29. The van der Waals surface area contributed by atoms with Crippen LogP contribution in [0.3, 0.4) is 0 Å². The minimum atomic E-state index is -0.413. The lowest BCUT2D eigenvalue weighted by Crippen LogP contribution is -2.28. The Kier molecular flexibility index (Phi) is 6.42. The number of halogens is 2. The number of anilines is 1. The number of carbonyl (C=O) groups is 1. The molecule has 2 saturated heterocycles. The van der Waals surface area contributed by atoms with E-state index in [0.717, 1.165) is 19.4 Å². The van der Waals surface area contributed by atoms with Crippen LogP contribution >= 0.6 is 23.2 Å². The number of ketones is 1. The van der Waals surface area contributed by atoms with Crippen molar-refractivity contribution in [2.75, 3.05) is 37.6 Å². The topological polar surface area (TPSA) is 113 Å². The van der Waals surface area contributed by atoms with Gasteiger partial charge < -0.3 is 19.3 Å². The van der Waals surface area contributed by atoms with Gasteiger partial charge in [-0.1, -0.05) is 23.2 Å². The van der Waals surface area contributed by atoms with E-state index in [0.29, 0.717) is 42.5 Å². The molecule has 34 heavy (non-hydrogen) atoms. The highest BCUT2D eigenvalue weighted by molar-refractivity contribution is 6.44. The standard InChI is InChI=1S/C22H22Cl2N6O4/c23-20-17(8-26-10-19(20)31)29-3-1-13(11-29)33-15-5-16(7-25-6-15)34-14-2-4-30(12-14)18-9-27-28-22(32)21(18)24/h5-9,13-14H,1-4,10-12H2,(H,28,32)/t13-,14-/m1/s1. The molecule has 2 aromatic heterocycles. The van der Waals surface area contributed by atoms with Gasteiger partial charge in [0.1, 0.15) is 40.3 Å². The number of pyridine rings is 1. The first-order valence-corrected chi connectivity index (χ1v) is 11.7. The number of aromatic nitrogens is 3. The zero-order valence-electron chi connectivity index (χ0n) is 18.1. The summed E-state index contributed by atoms with van der Waals surface area (Å²) in [5, 5.41) is 6.51. The number of allylic oxidation sites excluding steroid dienone is 1. The van der Waals surface area contributed by atoms with Gasteiger partial charge in [0.05, 0.1) is 43.1 Å². The summed E-state index contributed by atoms with van der Waals surface area (Å²) in [7, 11) is 0. The third kappa shape index (κ3) is 4.74. The lowest BCUT2D eigenvalue weighted by atomic mass is 10.2. The molecule has 0 aromatic carbocycles. The van der Waals surface area contributed by atoms with Crippen LogP contribution in [0.25, 0.3) is 0 Å². The zero-order valence-corrected chi connectivity index (χ0v) is 19.6. The Labute approximate surface area is 205 Å². The van der Waals surface area contributed by atoms with Gasteiger partial charge in [-0.25, -0.2) is 5.10 Å². The Bertz CT molecular complexity index is 1220. The van der Waals surface area contributed by atoms with Crippen molar-refractivity contribution >= 4 is 40.9 Å². The normalized spacial score (nSPS) is 22.6.